The summed E-state index contributed by atoms with van der Waals surface area (Å²) in [5.74, 6) is -0.0185. The molecule has 30 heavy (non-hydrogen) atoms. The number of methoxy groups -OCH3 is 1. The number of carbonyl (C=O) groups is 1. The molecule has 1 heterocycles. The van der Waals surface area contributed by atoms with E-state index in [1.807, 2.05) is 38.1 Å². The van der Waals surface area contributed by atoms with Crippen LogP contribution in [-0.4, -0.2) is 29.3 Å². The third-order valence-corrected chi connectivity index (χ3v) is 7.14. The number of nitrogens with one attached hydrogen (secondary N) is 1. The number of benzene rings is 2. The van der Waals surface area contributed by atoms with Crippen LogP contribution in [0.5, 0.6) is 0 Å². The van der Waals surface area contributed by atoms with Crippen LogP contribution in [0.3, 0.4) is 0 Å². The summed E-state index contributed by atoms with van der Waals surface area (Å²) in [6.45, 7) is 6.06. The van der Waals surface area contributed by atoms with Gasteiger partial charge in [-0.25, -0.2) is 0 Å². The average Bonchev–Trinajstić information content (AvgIpc) is 2.95. The Morgan fingerprint density at radius 2 is 1.57 bits per heavy atom. The Bertz CT molecular complexity index is 1010. The van der Waals surface area contributed by atoms with Gasteiger partial charge in [0, 0.05) is 12.1 Å². The number of rotatable bonds is 3. The zero-order valence-electron chi connectivity index (χ0n) is 17.9. The molecule has 1 spiro atoms. The number of halogens is 1. The average molecular weight is 426 g/mol. The van der Waals surface area contributed by atoms with Crippen molar-refractivity contribution in [1.29, 1.82) is 0 Å². The molecule has 0 atom stereocenters. The van der Waals surface area contributed by atoms with Crippen LogP contribution in [-0.2, 0) is 9.53 Å². The zero-order valence-corrected chi connectivity index (χ0v) is 18.7. The monoisotopic (exact) mass is 425 g/mol. The lowest BCUT2D eigenvalue weighted by molar-refractivity contribution is -0.117. The van der Waals surface area contributed by atoms with Gasteiger partial charge in [0.2, 0.25) is 0 Å². The molecule has 2 aliphatic rings. The molecule has 5 heteroatoms. The molecule has 158 valence electrons. The molecule has 2 aromatic rings. The third-order valence-electron chi connectivity index (χ3n) is 6.88. The number of aliphatic hydroxyl groups excluding tert-OH is 1. The Kier molecular flexibility index (Phi) is 5.19. The van der Waals surface area contributed by atoms with Crippen molar-refractivity contribution in [1.82, 2.24) is 5.32 Å². The first-order valence-electron chi connectivity index (χ1n) is 10.4. The van der Waals surface area contributed by atoms with E-state index in [9.17, 15) is 9.90 Å². The van der Waals surface area contributed by atoms with E-state index >= 15 is 0 Å². The molecule has 1 saturated carbocycles. The van der Waals surface area contributed by atoms with E-state index in [2.05, 4.69) is 24.4 Å². The first-order valence-corrected chi connectivity index (χ1v) is 10.7. The predicted octanol–water partition coefficient (Wildman–Crippen LogP) is 5.74. The molecule has 1 fully saturated rings. The lowest BCUT2D eigenvalue weighted by Gasteiger charge is -2.42. The third kappa shape index (κ3) is 3.42. The Morgan fingerprint density at radius 1 is 1.00 bits per heavy atom. The topological polar surface area (TPSA) is 58.6 Å². The lowest BCUT2D eigenvalue weighted by atomic mass is 9.74. The summed E-state index contributed by atoms with van der Waals surface area (Å²) in [6, 6.07) is 11.8. The number of aliphatic hydroxyl groups is 1. The van der Waals surface area contributed by atoms with Gasteiger partial charge < -0.3 is 15.2 Å². The number of hydrogen-bond donors (Lipinski definition) is 2. The van der Waals surface area contributed by atoms with Crippen LogP contribution in [0.1, 0.15) is 49.3 Å². The van der Waals surface area contributed by atoms with E-state index in [1.54, 1.807) is 7.11 Å². The summed E-state index contributed by atoms with van der Waals surface area (Å²) < 4.78 is 5.64. The van der Waals surface area contributed by atoms with Gasteiger partial charge in [0.15, 0.2) is 0 Å². The second-order valence-corrected chi connectivity index (χ2v) is 9.34. The van der Waals surface area contributed by atoms with Gasteiger partial charge in [-0.15, -0.1) is 0 Å². The normalized spacial score (nSPS) is 26.4. The van der Waals surface area contributed by atoms with Crippen molar-refractivity contribution in [3.8, 4) is 11.1 Å². The number of ether oxygens (including phenoxy) is 1. The largest absolute Gasteiger partial charge is 0.509 e. The molecular weight excluding hydrogens is 398 g/mol. The minimum atomic E-state index is -0.682. The number of carbonyl (C=O) groups excluding carboxylic acids is 1. The van der Waals surface area contributed by atoms with Crippen LogP contribution in [0.2, 0.25) is 5.02 Å². The highest BCUT2D eigenvalue weighted by Crippen LogP contribution is 2.46. The Morgan fingerprint density at radius 3 is 2.10 bits per heavy atom. The van der Waals surface area contributed by atoms with E-state index in [0.717, 1.165) is 40.7 Å². The van der Waals surface area contributed by atoms with Crippen LogP contribution in [0.15, 0.2) is 42.2 Å². The van der Waals surface area contributed by atoms with Crippen molar-refractivity contribution in [2.24, 2.45) is 0 Å². The molecule has 2 aromatic carbocycles. The van der Waals surface area contributed by atoms with E-state index in [1.165, 1.54) is 0 Å². The maximum atomic E-state index is 13.0. The maximum absolute atomic E-state index is 13.0. The van der Waals surface area contributed by atoms with Gasteiger partial charge in [-0.05, 0) is 86.4 Å². The molecule has 1 aliphatic carbocycles. The van der Waals surface area contributed by atoms with E-state index in [0.29, 0.717) is 23.4 Å². The van der Waals surface area contributed by atoms with Gasteiger partial charge in [0.1, 0.15) is 5.76 Å². The summed E-state index contributed by atoms with van der Waals surface area (Å²) >= 11 is 6.02. The first kappa shape index (κ1) is 21.0. The van der Waals surface area contributed by atoms with Crippen molar-refractivity contribution in [2.45, 2.75) is 57.6 Å². The molecule has 4 rings (SSSR count). The minimum absolute atomic E-state index is 0.177. The fourth-order valence-corrected chi connectivity index (χ4v) is 4.98. The summed E-state index contributed by atoms with van der Waals surface area (Å²) in [7, 11) is 1.72. The van der Waals surface area contributed by atoms with E-state index in [-0.39, 0.29) is 17.3 Å². The van der Waals surface area contributed by atoms with Gasteiger partial charge in [-0.1, -0.05) is 35.9 Å². The summed E-state index contributed by atoms with van der Waals surface area (Å²) in [6.07, 6.45) is 2.90. The van der Waals surface area contributed by atoms with Crippen molar-refractivity contribution in [3.05, 3.63) is 63.9 Å². The number of amides is 1. The first-order chi connectivity index (χ1) is 14.2. The lowest BCUT2D eigenvalue weighted by Crippen LogP contribution is -2.51. The highest BCUT2D eigenvalue weighted by Gasteiger charge is 2.50. The maximum Gasteiger partial charge on any atom is 0.256 e. The Hall–Kier alpha value is -2.30. The van der Waals surface area contributed by atoms with Gasteiger partial charge in [0.25, 0.3) is 5.91 Å². The highest BCUT2D eigenvalue weighted by atomic mass is 35.5. The van der Waals surface area contributed by atoms with Gasteiger partial charge in [-0.3, -0.25) is 4.79 Å². The zero-order chi connectivity index (χ0) is 21.7. The molecule has 0 aromatic heterocycles. The molecule has 1 aliphatic heterocycles. The Labute approximate surface area is 182 Å². The van der Waals surface area contributed by atoms with Gasteiger partial charge >= 0.3 is 0 Å². The van der Waals surface area contributed by atoms with Crippen molar-refractivity contribution < 1.29 is 14.6 Å². The standard InChI is InChI=1S/C25H28ClNO3/c1-15-13-18(17-5-7-19(26)8-6-17)14-16(2)20(15)21-22(28)25(27-23(21)29)11-9-24(3,30-4)10-12-25/h5-8,13-14,28H,9-12H2,1-4H3,(H,27,29). The predicted molar refractivity (Wildman–Crippen MR) is 121 cm³/mol. The Balaban J connectivity index is 1.73. The number of aryl methyl sites for hydroxylation is 2. The van der Waals surface area contributed by atoms with Crippen molar-refractivity contribution >= 4 is 23.1 Å². The molecule has 2 N–H and O–H groups in total. The fraction of sp³-hybridized carbons (Fsp3) is 0.400. The second kappa shape index (κ2) is 7.44. The van der Waals surface area contributed by atoms with Gasteiger partial charge in [-0.2, -0.15) is 0 Å². The molecule has 4 nitrogen and oxygen atoms in total. The smallest absolute Gasteiger partial charge is 0.256 e. The van der Waals surface area contributed by atoms with E-state index in [4.69, 9.17) is 16.3 Å². The summed E-state index contributed by atoms with van der Waals surface area (Å²) in [5.41, 5.74) is 4.40. The van der Waals surface area contributed by atoms with Crippen LogP contribution in [0.4, 0.5) is 0 Å². The fourth-order valence-electron chi connectivity index (χ4n) is 4.86. The second-order valence-electron chi connectivity index (χ2n) is 8.91. The highest BCUT2D eigenvalue weighted by molar-refractivity contribution is 6.30. The number of hydrogen-bond acceptors (Lipinski definition) is 3. The van der Waals surface area contributed by atoms with E-state index < -0.39 is 5.54 Å². The van der Waals surface area contributed by atoms with Crippen LogP contribution in [0.25, 0.3) is 16.7 Å². The minimum Gasteiger partial charge on any atom is -0.509 e. The molecule has 0 unspecified atom stereocenters. The summed E-state index contributed by atoms with van der Waals surface area (Å²) in [5, 5.41) is 15.0. The molecule has 1 amide bonds. The van der Waals surface area contributed by atoms with Crippen molar-refractivity contribution in [2.75, 3.05) is 7.11 Å². The van der Waals surface area contributed by atoms with Crippen LogP contribution in [0, 0.1) is 13.8 Å². The van der Waals surface area contributed by atoms with Crippen molar-refractivity contribution in [3.63, 3.8) is 0 Å². The molecule has 0 saturated heterocycles. The van der Waals surface area contributed by atoms with Crippen LogP contribution < -0.4 is 5.32 Å². The van der Waals surface area contributed by atoms with Crippen LogP contribution >= 0.6 is 11.6 Å². The summed E-state index contributed by atoms with van der Waals surface area (Å²) in [4.78, 5) is 13.0. The SMILES string of the molecule is COC1(C)CCC2(CC1)NC(=O)C(c1c(C)cc(-c3ccc(Cl)cc3)cc1C)=C2O. The van der Waals surface area contributed by atoms with Gasteiger partial charge in [0.05, 0.1) is 16.7 Å². The molecule has 0 bridgehead atoms. The molecule has 0 radical (unpaired) electrons. The molecular formula is C25H28ClNO3. The quantitative estimate of drug-likeness (QED) is 0.659.